The molecule has 1 aliphatic rings. The molecule has 74 valence electrons. The van der Waals surface area contributed by atoms with Gasteiger partial charge >= 0.3 is 0 Å². The average Bonchev–Trinajstić information content (AvgIpc) is 2.18. The van der Waals surface area contributed by atoms with E-state index < -0.39 is 0 Å². The van der Waals surface area contributed by atoms with Crippen molar-refractivity contribution in [2.75, 3.05) is 5.32 Å². The highest BCUT2D eigenvalue weighted by Crippen LogP contribution is 2.28. The van der Waals surface area contributed by atoms with Crippen LogP contribution in [0.2, 0.25) is 0 Å². The van der Waals surface area contributed by atoms with Gasteiger partial charge in [0.2, 0.25) is 0 Å². The molecule has 0 saturated carbocycles. The minimum atomic E-state index is -0.354. The highest BCUT2D eigenvalue weighted by Gasteiger charge is 2.14. The van der Waals surface area contributed by atoms with E-state index in [0.717, 1.165) is 11.3 Å². The average molecular weight is 193 g/mol. The molecule has 3 heteroatoms. The monoisotopic (exact) mass is 193 g/mol. The smallest absolute Gasteiger partial charge is 0.129 e. The van der Waals surface area contributed by atoms with Crippen molar-refractivity contribution < 1.29 is 9.50 Å². The predicted molar refractivity (Wildman–Crippen MR) is 54.4 cm³/mol. The lowest BCUT2D eigenvalue weighted by Crippen LogP contribution is -2.17. The molecule has 1 atom stereocenters. The highest BCUT2D eigenvalue weighted by molar-refractivity contribution is 5.73. The molecule has 0 amide bonds. The number of benzene rings is 1. The van der Waals surface area contributed by atoms with Crippen LogP contribution in [0, 0.1) is 5.82 Å². The molecule has 0 bridgehead atoms. The first-order chi connectivity index (χ1) is 6.72. The van der Waals surface area contributed by atoms with Gasteiger partial charge in [0.25, 0.3) is 0 Å². The van der Waals surface area contributed by atoms with E-state index in [2.05, 4.69) is 5.32 Å². The van der Waals surface area contributed by atoms with Gasteiger partial charge in [0, 0.05) is 22.9 Å². The third-order valence-electron chi connectivity index (χ3n) is 2.39. The molecular formula is C11H12FNO. The number of hydrogen-bond acceptors (Lipinski definition) is 2. The Labute approximate surface area is 82.1 Å². The minimum absolute atomic E-state index is 0.250. The molecule has 0 saturated heterocycles. The van der Waals surface area contributed by atoms with E-state index in [1.54, 1.807) is 6.07 Å². The first-order valence-electron chi connectivity index (χ1n) is 4.59. The van der Waals surface area contributed by atoms with Crippen LogP contribution in [0.3, 0.4) is 0 Å². The number of nitrogens with one attached hydrogen (secondary N) is 1. The minimum Gasteiger partial charge on any atom is -0.392 e. The largest absolute Gasteiger partial charge is 0.392 e. The SMILES string of the molecule is CC1C=Cc2c(ccc(F)c2CO)N1. The van der Waals surface area contributed by atoms with Crippen molar-refractivity contribution in [2.24, 2.45) is 0 Å². The van der Waals surface area contributed by atoms with Crippen molar-refractivity contribution in [3.63, 3.8) is 0 Å². The zero-order valence-electron chi connectivity index (χ0n) is 7.92. The number of fused-ring (bicyclic) bond motifs is 1. The fourth-order valence-corrected chi connectivity index (χ4v) is 1.65. The van der Waals surface area contributed by atoms with E-state index in [4.69, 9.17) is 5.11 Å². The molecule has 1 aliphatic heterocycles. The van der Waals surface area contributed by atoms with Crippen LogP contribution in [0.4, 0.5) is 10.1 Å². The Morgan fingerprint density at radius 2 is 2.29 bits per heavy atom. The number of aliphatic hydroxyl groups is 1. The molecule has 14 heavy (non-hydrogen) atoms. The molecule has 2 nitrogen and oxygen atoms in total. The Kier molecular flexibility index (Phi) is 2.25. The Morgan fingerprint density at radius 1 is 1.50 bits per heavy atom. The van der Waals surface area contributed by atoms with Crippen LogP contribution in [-0.2, 0) is 6.61 Å². The third-order valence-corrected chi connectivity index (χ3v) is 2.39. The number of aliphatic hydroxyl groups excluding tert-OH is 1. The lowest BCUT2D eigenvalue weighted by Gasteiger charge is -2.21. The molecule has 2 rings (SSSR count). The molecule has 1 unspecified atom stereocenters. The normalized spacial score (nSPS) is 18.9. The van der Waals surface area contributed by atoms with Crippen molar-refractivity contribution >= 4 is 11.8 Å². The molecular weight excluding hydrogens is 181 g/mol. The second-order valence-electron chi connectivity index (χ2n) is 3.44. The van der Waals surface area contributed by atoms with E-state index in [0.29, 0.717) is 5.56 Å². The summed E-state index contributed by atoms with van der Waals surface area (Å²) >= 11 is 0. The fraction of sp³-hybridized carbons (Fsp3) is 0.273. The van der Waals surface area contributed by atoms with E-state index >= 15 is 0 Å². The summed E-state index contributed by atoms with van der Waals surface area (Å²) in [5.41, 5.74) is 1.99. The molecule has 0 spiro atoms. The Morgan fingerprint density at radius 3 is 3.00 bits per heavy atom. The van der Waals surface area contributed by atoms with Crippen LogP contribution < -0.4 is 5.32 Å². The molecule has 2 N–H and O–H groups in total. The second-order valence-corrected chi connectivity index (χ2v) is 3.44. The standard InChI is InChI=1S/C11H12FNO/c1-7-2-3-8-9(6-14)10(12)4-5-11(8)13-7/h2-5,7,13-14H,6H2,1H3. The lowest BCUT2D eigenvalue weighted by molar-refractivity contribution is 0.275. The van der Waals surface area contributed by atoms with Gasteiger partial charge in [-0.1, -0.05) is 12.2 Å². The summed E-state index contributed by atoms with van der Waals surface area (Å²) in [6, 6.07) is 3.33. The van der Waals surface area contributed by atoms with Crippen LogP contribution in [-0.4, -0.2) is 11.1 Å². The van der Waals surface area contributed by atoms with E-state index in [1.165, 1.54) is 6.07 Å². The lowest BCUT2D eigenvalue weighted by atomic mass is 10.0. The van der Waals surface area contributed by atoms with Crippen molar-refractivity contribution in [2.45, 2.75) is 19.6 Å². The zero-order valence-corrected chi connectivity index (χ0v) is 7.92. The summed E-state index contributed by atoms with van der Waals surface area (Å²) in [5.74, 6) is -0.354. The van der Waals surface area contributed by atoms with Gasteiger partial charge in [0.05, 0.1) is 6.61 Å². The quantitative estimate of drug-likeness (QED) is 0.716. The predicted octanol–water partition coefficient (Wildman–Crippen LogP) is 2.15. The maximum absolute atomic E-state index is 13.3. The number of halogens is 1. The van der Waals surface area contributed by atoms with Crippen molar-refractivity contribution in [3.8, 4) is 0 Å². The van der Waals surface area contributed by atoms with Crippen LogP contribution >= 0.6 is 0 Å². The van der Waals surface area contributed by atoms with Gasteiger partial charge < -0.3 is 10.4 Å². The Bertz CT molecular complexity index is 387. The fourth-order valence-electron chi connectivity index (χ4n) is 1.65. The molecule has 0 radical (unpaired) electrons. The summed E-state index contributed by atoms with van der Waals surface area (Å²) < 4.78 is 13.3. The molecule has 1 heterocycles. The number of rotatable bonds is 1. The third kappa shape index (κ3) is 1.40. The van der Waals surface area contributed by atoms with Gasteiger partial charge in [0.15, 0.2) is 0 Å². The number of anilines is 1. The molecule has 0 fully saturated rings. The number of hydrogen-bond donors (Lipinski definition) is 2. The summed E-state index contributed by atoms with van der Waals surface area (Å²) in [6.45, 7) is 1.75. The maximum atomic E-state index is 13.3. The summed E-state index contributed by atoms with van der Waals surface area (Å²) in [6.07, 6.45) is 3.80. The van der Waals surface area contributed by atoms with Gasteiger partial charge in [-0.25, -0.2) is 4.39 Å². The maximum Gasteiger partial charge on any atom is 0.129 e. The van der Waals surface area contributed by atoms with Gasteiger partial charge in [-0.3, -0.25) is 0 Å². The Balaban J connectivity index is 2.56. The van der Waals surface area contributed by atoms with Gasteiger partial charge in [0.1, 0.15) is 5.82 Å². The summed E-state index contributed by atoms with van der Waals surface area (Å²) in [4.78, 5) is 0. The van der Waals surface area contributed by atoms with Crippen LogP contribution in [0.1, 0.15) is 18.1 Å². The second kappa shape index (κ2) is 3.42. The molecule has 0 aliphatic carbocycles. The van der Waals surface area contributed by atoms with Crippen LogP contribution in [0.25, 0.3) is 6.08 Å². The van der Waals surface area contributed by atoms with E-state index in [9.17, 15) is 4.39 Å². The van der Waals surface area contributed by atoms with Crippen molar-refractivity contribution in [1.29, 1.82) is 0 Å². The first-order valence-corrected chi connectivity index (χ1v) is 4.59. The summed E-state index contributed by atoms with van der Waals surface area (Å²) in [5, 5.41) is 12.2. The van der Waals surface area contributed by atoms with Crippen LogP contribution in [0.15, 0.2) is 18.2 Å². The first kappa shape index (κ1) is 9.21. The van der Waals surface area contributed by atoms with Crippen molar-refractivity contribution in [3.05, 3.63) is 35.2 Å². The Hall–Kier alpha value is -1.35. The highest BCUT2D eigenvalue weighted by atomic mass is 19.1. The van der Waals surface area contributed by atoms with Crippen LogP contribution in [0.5, 0.6) is 0 Å². The molecule has 1 aromatic rings. The topological polar surface area (TPSA) is 32.3 Å². The van der Waals surface area contributed by atoms with Gasteiger partial charge in [-0.2, -0.15) is 0 Å². The van der Waals surface area contributed by atoms with E-state index in [1.807, 2.05) is 19.1 Å². The van der Waals surface area contributed by atoms with E-state index in [-0.39, 0.29) is 18.5 Å². The summed E-state index contributed by atoms with van der Waals surface area (Å²) in [7, 11) is 0. The van der Waals surface area contributed by atoms with Crippen molar-refractivity contribution in [1.82, 2.24) is 0 Å². The zero-order chi connectivity index (χ0) is 10.1. The van der Waals surface area contributed by atoms with Gasteiger partial charge in [-0.15, -0.1) is 0 Å². The van der Waals surface area contributed by atoms with Gasteiger partial charge in [-0.05, 0) is 19.1 Å². The molecule has 1 aromatic carbocycles. The molecule has 0 aromatic heterocycles.